The summed E-state index contributed by atoms with van der Waals surface area (Å²) in [5, 5.41) is 2.54. The smallest absolute Gasteiger partial charge is 0.439 e. The zero-order valence-corrected chi connectivity index (χ0v) is 10.8. The van der Waals surface area contributed by atoms with Crippen LogP contribution < -0.4 is 10.1 Å². The number of hydrogen-bond acceptors (Lipinski definition) is 4. The summed E-state index contributed by atoms with van der Waals surface area (Å²) in [5.74, 6) is -0.967. The van der Waals surface area contributed by atoms with E-state index in [0.717, 1.165) is 5.56 Å². The largest absolute Gasteiger partial charge is 0.451 e. The minimum Gasteiger partial charge on any atom is -0.439 e. The molecule has 0 spiro atoms. The van der Waals surface area contributed by atoms with Gasteiger partial charge in [0.1, 0.15) is 11.6 Å². The van der Waals surface area contributed by atoms with E-state index < -0.39 is 12.0 Å². The van der Waals surface area contributed by atoms with Gasteiger partial charge in [0, 0.05) is 13.1 Å². The molecule has 20 heavy (non-hydrogen) atoms. The second-order valence-electron chi connectivity index (χ2n) is 4.08. The third-order valence-corrected chi connectivity index (χ3v) is 2.46. The van der Waals surface area contributed by atoms with Gasteiger partial charge in [-0.15, -0.1) is 0 Å². The van der Waals surface area contributed by atoms with E-state index in [9.17, 15) is 13.2 Å². The Morgan fingerprint density at radius 3 is 2.30 bits per heavy atom. The van der Waals surface area contributed by atoms with Crippen molar-refractivity contribution >= 4 is 5.82 Å². The zero-order chi connectivity index (χ0) is 14.8. The molecule has 106 valence electrons. The lowest BCUT2D eigenvalue weighted by atomic mass is 10.2. The van der Waals surface area contributed by atoms with Gasteiger partial charge in [-0.3, -0.25) is 0 Å². The van der Waals surface area contributed by atoms with Gasteiger partial charge < -0.3 is 10.1 Å². The molecule has 2 aromatic rings. The zero-order valence-electron chi connectivity index (χ0n) is 10.8. The molecule has 0 atom stereocenters. The Morgan fingerprint density at radius 1 is 1.10 bits per heavy atom. The van der Waals surface area contributed by atoms with Crippen LogP contribution in [0.5, 0.6) is 11.6 Å². The van der Waals surface area contributed by atoms with Crippen LogP contribution in [0.3, 0.4) is 0 Å². The second kappa shape index (κ2) is 5.36. The number of aryl methyl sites for hydroxylation is 1. The molecule has 0 aliphatic rings. The minimum atomic E-state index is -4.63. The lowest BCUT2D eigenvalue weighted by Crippen LogP contribution is -2.12. The third-order valence-electron chi connectivity index (χ3n) is 2.46. The van der Waals surface area contributed by atoms with E-state index in [0.29, 0.717) is 5.75 Å². The van der Waals surface area contributed by atoms with Gasteiger partial charge in [0.2, 0.25) is 11.7 Å². The Bertz CT molecular complexity index is 597. The van der Waals surface area contributed by atoms with Crippen molar-refractivity contribution in [2.75, 3.05) is 12.4 Å². The average Bonchev–Trinajstić information content (AvgIpc) is 2.40. The molecule has 0 aliphatic heterocycles. The molecule has 0 saturated heterocycles. The highest BCUT2D eigenvalue weighted by atomic mass is 19.4. The number of halogens is 3. The van der Waals surface area contributed by atoms with Crippen LogP contribution in [0.2, 0.25) is 0 Å². The molecule has 2 rings (SSSR count). The molecule has 0 radical (unpaired) electrons. The van der Waals surface area contributed by atoms with Gasteiger partial charge >= 0.3 is 6.18 Å². The summed E-state index contributed by atoms with van der Waals surface area (Å²) in [6, 6.07) is 8.20. The summed E-state index contributed by atoms with van der Waals surface area (Å²) in [6.45, 7) is 1.90. The minimum absolute atomic E-state index is 0.0365. The van der Waals surface area contributed by atoms with Crippen molar-refractivity contribution in [3.05, 3.63) is 41.7 Å². The maximum atomic E-state index is 12.7. The van der Waals surface area contributed by atoms with E-state index in [2.05, 4.69) is 15.3 Å². The highest BCUT2D eigenvalue weighted by Crippen LogP contribution is 2.30. The molecular weight excluding hydrogens is 271 g/mol. The highest BCUT2D eigenvalue weighted by molar-refractivity contribution is 5.40. The number of nitrogens with zero attached hydrogens (tertiary/aromatic N) is 2. The van der Waals surface area contributed by atoms with Crippen molar-refractivity contribution in [1.29, 1.82) is 0 Å². The summed E-state index contributed by atoms with van der Waals surface area (Å²) in [7, 11) is 1.47. The van der Waals surface area contributed by atoms with Crippen LogP contribution in [0.4, 0.5) is 19.0 Å². The summed E-state index contributed by atoms with van der Waals surface area (Å²) in [5.41, 5.74) is 1.02. The summed E-state index contributed by atoms with van der Waals surface area (Å²) >= 11 is 0. The molecule has 1 N–H and O–H groups in total. The third kappa shape index (κ3) is 3.37. The van der Waals surface area contributed by atoms with Crippen LogP contribution in [0.1, 0.15) is 11.4 Å². The molecule has 0 saturated carbocycles. The standard InChI is InChI=1S/C13H12F3N3O/c1-8-3-5-9(6-4-8)20-11-7-10(17-2)18-12(19-11)13(14,15)16/h3-7H,1-2H3,(H,17,18,19). The monoisotopic (exact) mass is 283 g/mol. The summed E-state index contributed by atoms with van der Waals surface area (Å²) in [4.78, 5) is 6.72. The number of benzene rings is 1. The maximum absolute atomic E-state index is 12.7. The van der Waals surface area contributed by atoms with Crippen molar-refractivity contribution in [2.45, 2.75) is 13.1 Å². The van der Waals surface area contributed by atoms with Crippen molar-refractivity contribution in [3.8, 4) is 11.6 Å². The van der Waals surface area contributed by atoms with E-state index in [1.165, 1.54) is 13.1 Å². The maximum Gasteiger partial charge on any atom is 0.451 e. The molecule has 0 unspecified atom stereocenters. The number of anilines is 1. The highest BCUT2D eigenvalue weighted by Gasteiger charge is 2.35. The first-order valence-corrected chi connectivity index (χ1v) is 5.77. The van der Waals surface area contributed by atoms with Gasteiger partial charge in [-0.1, -0.05) is 17.7 Å². The first-order valence-electron chi connectivity index (χ1n) is 5.77. The van der Waals surface area contributed by atoms with E-state index in [1.807, 2.05) is 6.92 Å². The molecule has 0 amide bonds. The first kappa shape index (κ1) is 14.1. The average molecular weight is 283 g/mol. The van der Waals surface area contributed by atoms with Crippen LogP contribution in [-0.2, 0) is 6.18 Å². The van der Waals surface area contributed by atoms with Crippen molar-refractivity contribution in [2.24, 2.45) is 0 Å². The molecule has 7 heteroatoms. The SMILES string of the molecule is CNc1cc(Oc2ccc(C)cc2)nc(C(F)(F)F)n1. The van der Waals surface area contributed by atoms with Gasteiger partial charge in [0.15, 0.2) is 0 Å². The summed E-state index contributed by atoms with van der Waals surface area (Å²) < 4.78 is 43.3. The Hall–Kier alpha value is -2.31. The Labute approximate surface area is 113 Å². The van der Waals surface area contributed by atoms with Crippen LogP contribution in [0, 0.1) is 6.92 Å². The lowest BCUT2D eigenvalue weighted by molar-refractivity contribution is -0.145. The molecule has 0 fully saturated rings. The number of aromatic nitrogens is 2. The molecule has 0 bridgehead atoms. The molecular formula is C13H12F3N3O. The van der Waals surface area contributed by atoms with Crippen LogP contribution in [0.25, 0.3) is 0 Å². The van der Waals surface area contributed by atoms with Crippen molar-refractivity contribution < 1.29 is 17.9 Å². The predicted molar refractivity (Wildman–Crippen MR) is 67.8 cm³/mol. The topological polar surface area (TPSA) is 47.0 Å². The Morgan fingerprint density at radius 2 is 1.75 bits per heavy atom. The fraction of sp³-hybridized carbons (Fsp3) is 0.231. The fourth-order valence-corrected chi connectivity index (χ4v) is 1.46. The van der Waals surface area contributed by atoms with Gasteiger partial charge in [-0.05, 0) is 19.1 Å². The lowest BCUT2D eigenvalue weighted by Gasteiger charge is -2.10. The van der Waals surface area contributed by atoms with Gasteiger partial charge in [-0.25, -0.2) is 4.98 Å². The first-order chi connectivity index (χ1) is 9.38. The van der Waals surface area contributed by atoms with Crippen LogP contribution in [0.15, 0.2) is 30.3 Å². The fourth-order valence-electron chi connectivity index (χ4n) is 1.46. The quantitative estimate of drug-likeness (QED) is 0.934. The Kier molecular flexibility index (Phi) is 3.78. The van der Waals surface area contributed by atoms with E-state index in [-0.39, 0.29) is 11.7 Å². The molecule has 1 aromatic carbocycles. The number of rotatable bonds is 3. The predicted octanol–water partition coefficient (Wildman–Crippen LogP) is 3.64. The molecule has 1 heterocycles. The van der Waals surface area contributed by atoms with Crippen molar-refractivity contribution in [3.63, 3.8) is 0 Å². The van der Waals surface area contributed by atoms with E-state index >= 15 is 0 Å². The van der Waals surface area contributed by atoms with Crippen molar-refractivity contribution in [1.82, 2.24) is 9.97 Å². The normalized spacial score (nSPS) is 11.2. The summed E-state index contributed by atoms with van der Waals surface area (Å²) in [6.07, 6.45) is -4.63. The van der Waals surface area contributed by atoms with E-state index in [4.69, 9.17) is 4.74 Å². The van der Waals surface area contributed by atoms with Gasteiger partial charge in [0.25, 0.3) is 0 Å². The molecule has 4 nitrogen and oxygen atoms in total. The Balaban J connectivity index is 2.33. The molecule has 0 aliphatic carbocycles. The second-order valence-corrected chi connectivity index (χ2v) is 4.08. The number of alkyl halides is 3. The van der Waals surface area contributed by atoms with Crippen LogP contribution in [-0.4, -0.2) is 17.0 Å². The number of hydrogen-bond donors (Lipinski definition) is 1. The van der Waals surface area contributed by atoms with Gasteiger partial charge in [0.05, 0.1) is 0 Å². The van der Waals surface area contributed by atoms with E-state index in [1.54, 1.807) is 24.3 Å². The number of nitrogens with one attached hydrogen (secondary N) is 1. The number of ether oxygens (including phenoxy) is 1. The van der Waals surface area contributed by atoms with Crippen LogP contribution >= 0.6 is 0 Å². The van der Waals surface area contributed by atoms with Gasteiger partial charge in [-0.2, -0.15) is 18.2 Å². The molecule has 1 aromatic heterocycles.